The minimum Gasteiger partial charge on any atom is -0.481 e. The van der Waals surface area contributed by atoms with E-state index in [9.17, 15) is 9.59 Å². The summed E-state index contributed by atoms with van der Waals surface area (Å²) in [5.74, 6) is -0.903. The first-order valence-corrected chi connectivity index (χ1v) is 7.92. The van der Waals surface area contributed by atoms with Crippen LogP contribution >= 0.6 is 23.2 Å². The van der Waals surface area contributed by atoms with Crippen molar-refractivity contribution in [3.05, 3.63) is 33.8 Å². The third-order valence-corrected chi connectivity index (χ3v) is 4.21. The molecule has 0 fully saturated rings. The first-order chi connectivity index (χ1) is 10.2. The SMILES string of the molecule is CC(C)(CNC(=O)CCCCC(=O)O)c1ccc(Cl)c(Cl)c1. The molecule has 2 N–H and O–H groups in total. The van der Waals surface area contributed by atoms with Gasteiger partial charge < -0.3 is 10.4 Å². The molecule has 0 aliphatic carbocycles. The van der Waals surface area contributed by atoms with Crippen molar-refractivity contribution in [1.29, 1.82) is 0 Å². The molecule has 0 bridgehead atoms. The number of aliphatic carboxylic acids is 1. The van der Waals surface area contributed by atoms with Crippen molar-refractivity contribution in [3.63, 3.8) is 0 Å². The second kappa shape index (κ2) is 8.39. The van der Waals surface area contributed by atoms with Crippen LogP contribution in [0.15, 0.2) is 18.2 Å². The zero-order chi connectivity index (χ0) is 16.8. The van der Waals surface area contributed by atoms with E-state index in [0.29, 0.717) is 35.9 Å². The lowest BCUT2D eigenvalue weighted by Gasteiger charge is -2.26. The van der Waals surface area contributed by atoms with E-state index in [0.717, 1.165) is 5.56 Å². The van der Waals surface area contributed by atoms with Crippen LogP contribution in [0.5, 0.6) is 0 Å². The molecule has 122 valence electrons. The molecule has 22 heavy (non-hydrogen) atoms. The van der Waals surface area contributed by atoms with Crippen molar-refractivity contribution in [2.24, 2.45) is 0 Å². The standard InChI is InChI=1S/C16H21Cl2NO3/c1-16(2,11-7-8-12(17)13(18)9-11)10-19-14(20)5-3-4-6-15(21)22/h7-9H,3-6,10H2,1-2H3,(H,19,20)(H,21,22). The predicted molar refractivity (Wildman–Crippen MR) is 88.6 cm³/mol. The van der Waals surface area contributed by atoms with E-state index in [4.69, 9.17) is 28.3 Å². The number of hydrogen-bond donors (Lipinski definition) is 2. The smallest absolute Gasteiger partial charge is 0.303 e. The zero-order valence-corrected chi connectivity index (χ0v) is 14.3. The summed E-state index contributed by atoms with van der Waals surface area (Å²) < 4.78 is 0. The number of halogens is 2. The Bertz CT molecular complexity index is 544. The molecule has 1 aromatic carbocycles. The Balaban J connectivity index is 2.46. The highest BCUT2D eigenvalue weighted by Crippen LogP contribution is 2.29. The van der Waals surface area contributed by atoms with Gasteiger partial charge in [-0.25, -0.2) is 0 Å². The fourth-order valence-electron chi connectivity index (χ4n) is 1.99. The van der Waals surface area contributed by atoms with Gasteiger partial charge in [-0.05, 0) is 30.5 Å². The Morgan fingerprint density at radius 3 is 2.36 bits per heavy atom. The first-order valence-electron chi connectivity index (χ1n) is 7.16. The van der Waals surface area contributed by atoms with Crippen LogP contribution < -0.4 is 5.32 Å². The maximum absolute atomic E-state index is 11.8. The first kappa shape index (κ1) is 18.8. The van der Waals surface area contributed by atoms with Gasteiger partial charge >= 0.3 is 5.97 Å². The number of carbonyl (C=O) groups is 2. The Morgan fingerprint density at radius 1 is 1.14 bits per heavy atom. The topological polar surface area (TPSA) is 66.4 Å². The number of carboxylic acid groups (broad SMARTS) is 1. The van der Waals surface area contributed by atoms with Gasteiger partial charge in [-0.3, -0.25) is 9.59 Å². The van der Waals surface area contributed by atoms with Crippen molar-refractivity contribution in [3.8, 4) is 0 Å². The van der Waals surface area contributed by atoms with Crippen LogP contribution in [0.25, 0.3) is 0 Å². The molecule has 1 aromatic rings. The largest absolute Gasteiger partial charge is 0.481 e. The third-order valence-electron chi connectivity index (χ3n) is 3.47. The number of amides is 1. The van der Waals surface area contributed by atoms with Crippen LogP contribution in [-0.2, 0) is 15.0 Å². The van der Waals surface area contributed by atoms with Crippen LogP contribution in [0.3, 0.4) is 0 Å². The molecule has 0 spiro atoms. The van der Waals surface area contributed by atoms with E-state index < -0.39 is 5.97 Å². The molecule has 1 amide bonds. The fourth-order valence-corrected chi connectivity index (χ4v) is 2.29. The number of carboxylic acids is 1. The zero-order valence-electron chi connectivity index (χ0n) is 12.8. The van der Waals surface area contributed by atoms with Gasteiger partial charge in [-0.1, -0.05) is 43.1 Å². The average molecular weight is 346 g/mol. The van der Waals surface area contributed by atoms with E-state index in [2.05, 4.69) is 5.32 Å². The molecule has 4 nitrogen and oxygen atoms in total. The molecular weight excluding hydrogens is 325 g/mol. The van der Waals surface area contributed by atoms with Crippen LogP contribution in [0, 0.1) is 0 Å². The summed E-state index contributed by atoms with van der Waals surface area (Å²) >= 11 is 11.9. The Kier molecular flexibility index (Phi) is 7.17. The molecule has 0 atom stereocenters. The summed E-state index contributed by atoms with van der Waals surface area (Å²) in [6, 6.07) is 5.45. The van der Waals surface area contributed by atoms with E-state index in [1.54, 1.807) is 6.07 Å². The molecule has 0 heterocycles. The highest BCUT2D eigenvalue weighted by molar-refractivity contribution is 6.42. The monoisotopic (exact) mass is 345 g/mol. The molecule has 0 aromatic heterocycles. The summed E-state index contributed by atoms with van der Waals surface area (Å²) in [7, 11) is 0. The number of benzene rings is 1. The van der Waals surface area contributed by atoms with Gasteiger partial charge in [-0.2, -0.15) is 0 Å². The lowest BCUT2D eigenvalue weighted by Crippen LogP contribution is -2.36. The Hall–Kier alpha value is -1.26. The molecular formula is C16H21Cl2NO3. The highest BCUT2D eigenvalue weighted by atomic mass is 35.5. The summed E-state index contributed by atoms with van der Waals surface area (Å²) in [5.41, 5.74) is 0.721. The Labute approximate surface area is 140 Å². The van der Waals surface area contributed by atoms with Gasteiger partial charge in [0.2, 0.25) is 5.91 Å². The van der Waals surface area contributed by atoms with Gasteiger partial charge in [0.25, 0.3) is 0 Å². The lowest BCUT2D eigenvalue weighted by atomic mass is 9.84. The maximum atomic E-state index is 11.8. The van der Waals surface area contributed by atoms with Gasteiger partial charge in [0.05, 0.1) is 10.0 Å². The van der Waals surface area contributed by atoms with Gasteiger partial charge in [-0.15, -0.1) is 0 Å². The van der Waals surface area contributed by atoms with E-state index in [1.165, 1.54) is 0 Å². The fraction of sp³-hybridized carbons (Fsp3) is 0.500. The Morgan fingerprint density at radius 2 is 1.77 bits per heavy atom. The molecule has 0 radical (unpaired) electrons. The minimum absolute atomic E-state index is 0.0708. The highest BCUT2D eigenvalue weighted by Gasteiger charge is 2.22. The second-order valence-electron chi connectivity index (χ2n) is 5.89. The molecule has 1 rings (SSSR count). The maximum Gasteiger partial charge on any atom is 0.303 e. The second-order valence-corrected chi connectivity index (χ2v) is 6.70. The third kappa shape index (κ3) is 6.24. The number of nitrogens with one attached hydrogen (secondary N) is 1. The minimum atomic E-state index is -0.832. The van der Waals surface area contributed by atoms with E-state index >= 15 is 0 Å². The molecule has 0 saturated heterocycles. The number of hydrogen-bond acceptors (Lipinski definition) is 2. The molecule has 6 heteroatoms. The van der Waals surface area contributed by atoms with E-state index in [-0.39, 0.29) is 17.7 Å². The van der Waals surface area contributed by atoms with Gasteiger partial charge in [0.15, 0.2) is 0 Å². The molecule has 0 aliphatic heterocycles. The summed E-state index contributed by atoms with van der Waals surface area (Å²) in [5, 5.41) is 12.4. The van der Waals surface area contributed by atoms with Crippen LogP contribution in [0.2, 0.25) is 10.0 Å². The van der Waals surface area contributed by atoms with Crippen LogP contribution in [0.4, 0.5) is 0 Å². The van der Waals surface area contributed by atoms with Crippen molar-refractivity contribution < 1.29 is 14.7 Å². The van der Waals surface area contributed by atoms with Crippen molar-refractivity contribution >= 4 is 35.1 Å². The van der Waals surface area contributed by atoms with Crippen molar-refractivity contribution in [2.45, 2.75) is 44.9 Å². The summed E-state index contributed by atoms with van der Waals surface area (Å²) in [6.07, 6.45) is 1.52. The molecule has 0 saturated carbocycles. The lowest BCUT2D eigenvalue weighted by molar-refractivity contribution is -0.137. The number of carbonyl (C=O) groups excluding carboxylic acids is 1. The summed E-state index contributed by atoms with van der Waals surface area (Å²) in [4.78, 5) is 22.2. The van der Waals surface area contributed by atoms with Gasteiger partial charge in [0.1, 0.15) is 0 Å². The molecule has 0 unspecified atom stereocenters. The van der Waals surface area contributed by atoms with E-state index in [1.807, 2.05) is 26.0 Å². The van der Waals surface area contributed by atoms with Crippen LogP contribution in [-0.4, -0.2) is 23.5 Å². The predicted octanol–water partition coefficient (Wildman–Crippen LogP) is 4.03. The number of rotatable bonds is 8. The molecule has 0 aliphatic rings. The van der Waals surface area contributed by atoms with Crippen molar-refractivity contribution in [2.75, 3.05) is 6.54 Å². The normalized spacial score (nSPS) is 11.3. The average Bonchev–Trinajstić information content (AvgIpc) is 2.44. The van der Waals surface area contributed by atoms with Crippen molar-refractivity contribution in [1.82, 2.24) is 5.32 Å². The number of unbranched alkanes of at least 4 members (excludes halogenated alkanes) is 1. The quantitative estimate of drug-likeness (QED) is 0.699. The van der Waals surface area contributed by atoms with Crippen LogP contribution in [0.1, 0.15) is 45.1 Å². The van der Waals surface area contributed by atoms with Gasteiger partial charge in [0, 0.05) is 24.8 Å². The summed E-state index contributed by atoms with van der Waals surface area (Å²) in [6.45, 7) is 4.50.